The maximum atomic E-state index is 5.49. The van der Waals surface area contributed by atoms with Crippen molar-refractivity contribution in [2.75, 3.05) is 6.61 Å². The molecule has 2 aromatic heterocycles. The van der Waals surface area contributed by atoms with Gasteiger partial charge in [-0.25, -0.2) is 0 Å². The van der Waals surface area contributed by atoms with Gasteiger partial charge < -0.3 is 14.5 Å². The number of nitrogens with one attached hydrogen (secondary N) is 1. The molecule has 0 unspecified atom stereocenters. The number of oxazole rings is 1. The number of ether oxygens (including phenoxy) is 1. The van der Waals surface area contributed by atoms with Gasteiger partial charge >= 0.3 is 6.08 Å². The first kappa shape index (κ1) is 14.5. The molecule has 0 atom stereocenters. The quantitative estimate of drug-likeness (QED) is 0.750. The average Bonchev–Trinajstić information content (AvgIpc) is 2.90. The summed E-state index contributed by atoms with van der Waals surface area (Å²) in [5.74, 6) is 0. The molecule has 0 saturated heterocycles. The van der Waals surface area contributed by atoms with Crippen LogP contribution in [0, 0.1) is 0 Å². The Balaban J connectivity index is 1.67. The zero-order valence-electron chi connectivity index (χ0n) is 12.0. The molecule has 0 saturated carbocycles. The maximum Gasteiger partial charge on any atom is 0.393 e. The molecule has 5 nitrogen and oxygen atoms in total. The first-order valence-electron chi connectivity index (χ1n) is 6.93. The smallest absolute Gasteiger partial charge is 0.393 e. The summed E-state index contributed by atoms with van der Waals surface area (Å²) in [6.07, 6.45) is 7.47. The molecule has 0 aliphatic carbocycles. The highest BCUT2D eigenvalue weighted by Gasteiger charge is 2.05. The van der Waals surface area contributed by atoms with E-state index in [-0.39, 0.29) is 0 Å². The molecule has 0 radical (unpaired) electrons. The van der Waals surface area contributed by atoms with Crippen LogP contribution in [0.1, 0.15) is 31.5 Å². The Hall–Kier alpha value is -1.88. The SMILES string of the molecule is CC(C)NCc1coc(OCCCc2ccncc2)n1. The average molecular weight is 275 g/mol. The van der Waals surface area contributed by atoms with E-state index in [0.717, 1.165) is 18.5 Å². The zero-order valence-corrected chi connectivity index (χ0v) is 12.0. The molecule has 0 aliphatic rings. The molecule has 2 rings (SSSR count). The van der Waals surface area contributed by atoms with E-state index in [9.17, 15) is 0 Å². The fourth-order valence-electron chi connectivity index (χ4n) is 1.73. The van der Waals surface area contributed by atoms with Crippen molar-refractivity contribution >= 4 is 0 Å². The van der Waals surface area contributed by atoms with Gasteiger partial charge in [0.15, 0.2) is 0 Å². The van der Waals surface area contributed by atoms with Gasteiger partial charge in [-0.1, -0.05) is 13.8 Å². The number of hydrogen-bond donors (Lipinski definition) is 1. The molecule has 0 aromatic carbocycles. The van der Waals surface area contributed by atoms with Crippen LogP contribution in [0.4, 0.5) is 0 Å². The first-order chi connectivity index (χ1) is 9.74. The zero-order chi connectivity index (χ0) is 14.2. The first-order valence-corrected chi connectivity index (χ1v) is 6.93. The molecule has 2 aromatic rings. The predicted molar refractivity (Wildman–Crippen MR) is 76.5 cm³/mol. The number of hydrogen-bond acceptors (Lipinski definition) is 5. The summed E-state index contributed by atoms with van der Waals surface area (Å²) in [5, 5.41) is 3.28. The number of rotatable bonds is 8. The van der Waals surface area contributed by atoms with Gasteiger partial charge in [-0.3, -0.25) is 4.98 Å². The standard InChI is InChI=1S/C15H21N3O2/c1-12(2)17-10-14-11-20-15(18-14)19-9-3-4-13-5-7-16-8-6-13/h5-8,11-12,17H,3-4,9-10H2,1-2H3. The highest BCUT2D eigenvalue weighted by Crippen LogP contribution is 2.11. The molecule has 0 spiro atoms. The van der Waals surface area contributed by atoms with Crippen LogP contribution >= 0.6 is 0 Å². The second kappa shape index (κ2) is 7.65. The van der Waals surface area contributed by atoms with Crippen molar-refractivity contribution < 1.29 is 9.15 Å². The van der Waals surface area contributed by atoms with Crippen molar-refractivity contribution in [3.05, 3.63) is 42.0 Å². The molecule has 0 amide bonds. The van der Waals surface area contributed by atoms with Crippen molar-refractivity contribution in [2.45, 2.75) is 39.3 Å². The minimum atomic E-state index is 0.347. The molecule has 2 heterocycles. The fourth-order valence-corrected chi connectivity index (χ4v) is 1.73. The van der Waals surface area contributed by atoms with Crippen LogP contribution in [0.15, 0.2) is 35.2 Å². The molecule has 1 N–H and O–H groups in total. The minimum Gasteiger partial charge on any atom is -0.450 e. The third-order valence-electron chi connectivity index (χ3n) is 2.81. The van der Waals surface area contributed by atoms with Gasteiger partial charge in [-0.2, -0.15) is 4.98 Å². The highest BCUT2D eigenvalue weighted by atomic mass is 16.6. The molecule has 108 valence electrons. The van der Waals surface area contributed by atoms with E-state index >= 15 is 0 Å². The van der Waals surface area contributed by atoms with Crippen LogP contribution < -0.4 is 10.1 Å². The van der Waals surface area contributed by atoms with Gasteiger partial charge in [0.1, 0.15) is 6.26 Å². The Morgan fingerprint density at radius 1 is 1.30 bits per heavy atom. The summed E-state index contributed by atoms with van der Waals surface area (Å²) in [6, 6.07) is 4.46. The van der Waals surface area contributed by atoms with Crippen molar-refractivity contribution in [1.82, 2.24) is 15.3 Å². The number of aromatic nitrogens is 2. The summed E-state index contributed by atoms with van der Waals surface area (Å²) in [6.45, 7) is 5.48. The third kappa shape index (κ3) is 5.01. The van der Waals surface area contributed by atoms with E-state index in [2.05, 4.69) is 29.1 Å². The van der Waals surface area contributed by atoms with Crippen LogP contribution in [0.5, 0.6) is 6.08 Å². The van der Waals surface area contributed by atoms with E-state index in [1.165, 1.54) is 5.56 Å². The van der Waals surface area contributed by atoms with Gasteiger partial charge in [0.2, 0.25) is 0 Å². The molecular formula is C15H21N3O2. The Bertz CT molecular complexity index is 497. The lowest BCUT2D eigenvalue weighted by Crippen LogP contribution is -2.21. The van der Waals surface area contributed by atoms with Crippen LogP contribution in [0.3, 0.4) is 0 Å². The van der Waals surface area contributed by atoms with Gasteiger partial charge in [-0.05, 0) is 30.5 Å². The van der Waals surface area contributed by atoms with Gasteiger partial charge in [0.05, 0.1) is 12.3 Å². The van der Waals surface area contributed by atoms with Gasteiger partial charge in [0, 0.05) is 25.0 Å². The highest BCUT2D eigenvalue weighted by molar-refractivity contribution is 5.09. The summed E-state index contributed by atoms with van der Waals surface area (Å²) in [5.41, 5.74) is 2.13. The second-order valence-corrected chi connectivity index (χ2v) is 4.95. The fraction of sp³-hybridized carbons (Fsp3) is 0.467. The molecule has 0 aliphatic heterocycles. The Labute approximate surface area is 119 Å². The summed E-state index contributed by atoms with van der Waals surface area (Å²) >= 11 is 0. The Kier molecular flexibility index (Phi) is 5.55. The minimum absolute atomic E-state index is 0.347. The predicted octanol–water partition coefficient (Wildman–Crippen LogP) is 2.58. The van der Waals surface area contributed by atoms with E-state index < -0.39 is 0 Å². The largest absolute Gasteiger partial charge is 0.450 e. The van der Waals surface area contributed by atoms with E-state index in [4.69, 9.17) is 9.15 Å². The van der Waals surface area contributed by atoms with Crippen molar-refractivity contribution in [2.24, 2.45) is 0 Å². The molecule has 20 heavy (non-hydrogen) atoms. The third-order valence-corrected chi connectivity index (χ3v) is 2.81. The monoisotopic (exact) mass is 275 g/mol. The molecule has 5 heteroatoms. The maximum absolute atomic E-state index is 5.49. The molecular weight excluding hydrogens is 254 g/mol. The van der Waals surface area contributed by atoms with Crippen molar-refractivity contribution in [3.8, 4) is 6.08 Å². The second-order valence-electron chi connectivity index (χ2n) is 4.95. The van der Waals surface area contributed by atoms with Crippen molar-refractivity contribution in [1.29, 1.82) is 0 Å². The topological polar surface area (TPSA) is 60.2 Å². The summed E-state index contributed by atoms with van der Waals surface area (Å²) in [4.78, 5) is 8.26. The Morgan fingerprint density at radius 2 is 2.10 bits per heavy atom. The van der Waals surface area contributed by atoms with Gasteiger partial charge in [-0.15, -0.1) is 0 Å². The number of aryl methyl sites for hydroxylation is 1. The molecule has 0 bridgehead atoms. The summed E-state index contributed by atoms with van der Waals surface area (Å²) in [7, 11) is 0. The normalized spacial score (nSPS) is 10.9. The lowest BCUT2D eigenvalue weighted by molar-refractivity contribution is 0.227. The van der Waals surface area contributed by atoms with Crippen molar-refractivity contribution in [3.63, 3.8) is 0 Å². The lowest BCUT2D eigenvalue weighted by Gasteiger charge is -2.04. The lowest BCUT2D eigenvalue weighted by atomic mass is 10.1. The van der Waals surface area contributed by atoms with Crippen LogP contribution in [0.25, 0.3) is 0 Å². The Morgan fingerprint density at radius 3 is 2.85 bits per heavy atom. The van der Waals surface area contributed by atoms with Crippen LogP contribution in [-0.2, 0) is 13.0 Å². The summed E-state index contributed by atoms with van der Waals surface area (Å²) < 4.78 is 10.8. The number of pyridine rings is 1. The van der Waals surface area contributed by atoms with E-state index in [1.807, 2.05) is 12.1 Å². The van der Waals surface area contributed by atoms with E-state index in [1.54, 1.807) is 18.7 Å². The van der Waals surface area contributed by atoms with E-state index in [0.29, 0.717) is 25.3 Å². The van der Waals surface area contributed by atoms with Crippen LogP contribution in [-0.4, -0.2) is 22.6 Å². The number of nitrogens with zero attached hydrogens (tertiary/aromatic N) is 2. The van der Waals surface area contributed by atoms with Crippen LogP contribution in [0.2, 0.25) is 0 Å². The molecule has 0 fully saturated rings. The van der Waals surface area contributed by atoms with Gasteiger partial charge in [0.25, 0.3) is 0 Å².